The van der Waals surface area contributed by atoms with Crippen LogP contribution in [-0.2, 0) is 10.2 Å². The van der Waals surface area contributed by atoms with Crippen molar-refractivity contribution in [1.29, 1.82) is 0 Å². The van der Waals surface area contributed by atoms with E-state index in [1.807, 2.05) is 0 Å². The predicted octanol–water partition coefficient (Wildman–Crippen LogP) is 2.17. The highest BCUT2D eigenvalue weighted by Crippen LogP contribution is 2.49. The molecule has 20 heavy (non-hydrogen) atoms. The zero-order valence-electron chi connectivity index (χ0n) is 11.1. The number of rotatable bonds is 3. The van der Waals surface area contributed by atoms with E-state index in [-0.39, 0.29) is 0 Å². The Morgan fingerprint density at radius 1 is 1.15 bits per heavy atom. The Hall–Kier alpha value is -2.04. The fourth-order valence-corrected chi connectivity index (χ4v) is 3.20. The first-order valence-corrected chi connectivity index (χ1v) is 6.81. The number of carbonyl (C=O) groups excluding carboxylic acids is 1. The lowest BCUT2D eigenvalue weighted by molar-refractivity contribution is -0.143. The molecule has 1 saturated carbocycles. The zero-order valence-corrected chi connectivity index (χ0v) is 11.1. The third-order valence-electron chi connectivity index (χ3n) is 4.23. The average Bonchev–Trinajstić information content (AvgIpc) is 2.97. The molecule has 0 atom stereocenters. The van der Waals surface area contributed by atoms with Crippen LogP contribution in [0.1, 0.15) is 41.6 Å². The molecule has 1 aliphatic carbocycles. The zero-order chi connectivity index (χ0) is 14.2. The van der Waals surface area contributed by atoms with Crippen LogP contribution < -0.4 is 9.47 Å². The summed E-state index contributed by atoms with van der Waals surface area (Å²) in [4.78, 5) is 22.9. The number of hydrogen-bond donors (Lipinski definition) is 1. The van der Waals surface area contributed by atoms with Gasteiger partial charge in [-0.15, -0.1) is 0 Å². The Morgan fingerprint density at radius 3 is 2.40 bits per heavy atom. The molecule has 0 radical (unpaired) electrons. The SMILES string of the molecule is O=Cc1ccc(C2(C(=O)O)CCCC2)c2c1OCCO2. The van der Waals surface area contributed by atoms with E-state index in [0.717, 1.165) is 12.8 Å². The van der Waals surface area contributed by atoms with Gasteiger partial charge in [0.2, 0.25) is 0 Å². The van der Waals surface area contributed by atoms with Gasteiger partial charge in [0.1, 0.15) is 13.2 Å². The molecular formula is C15H16O5. The smallest absolute Gasteiger partial charge is 0.314 e. The molecule has 0 aromatic heterocycles. The third-order valence-corrected chi connectivity index (χ3v) is 4.23. The Balaban J connectivity index is 2.19. The van der Waals surface area contributed by atoms with Crippen LogP contribution in [0.25, 0.3) is 0 Å². The van der Waals surface area contributed by atoms with E-state index in [4.69, 9.17) is 9.47 Å². The van der Waals surface area contributed by atoms with Crippen molar-refractivity contribution in [3.63, 3.8) is 0 Å². The topological polar surface area (TPSA) is 72.8 Å². The molecule has 1 aliphatic heterocycles. The Morgan fingerprint density at radius 2 is 1.80 bits per heavy atom. The second kappa shape index (κ2) is 4.81. The first-order chi connectivity index (χ1) is 9.69. The summed E-state index contributed by atoms with van der Waals surface area (Å²) < 4.78 is 11.2. The minimum Gasteiger partial charge on any atom is -0.486 e. The monoisotopic (exact) mass is 276 g/mol. The highest BCUT2D eigenvalue weighted by atomic mass is 16.6. The van der Waals surface area contributed by atoms with Gasteiger partial charge in [-0.3, -0.25) is 9.59 Å². The minimum absolute atomic E-state index is 0.372. The number of fused-ring (bicyclic) bond motifs is 1. The van der Waals surface area contributed by atoms with E-state index in [0.29, 0.717) is 55.0 Å². The quantitative estimate of drug-likeness (QED) is 0.856. The van der Waals surface area contributed by atoms with E-state index < -0.39 is 11.4 Å². The molecule has 0 amide bonds. The van der Waals surface area contributed by atoms with Crippen molar-refractivity contribution in [1.82, 2.24) is 0 Å². The number of benzene rings is 1. The molecule has 0 spiro atoms. The lowest BCUT2D eigenvalue weighted by atomic mass is 9.78. The van der Waals surface area contributed by atoms with Crippen LogP contribution in [0.4, 0.5) is 0 Å². The molecule has 1 aromatic rings. The van der Waals surface area contributed by atoms with Crippen molar-refractivity contribution in [2.45, 2.75) is 31.1 Å². The fourth-order valence-electron chi connectivity index (χ4n) is 3.20. The molecule has 1 fully saturated rings. The summed E-state index contributed by atoms with van der Waals surface area (Å²) in [5, 5.41) is 9.68. The maximum Gasteiger partial charge on any atom is 0.314 e. The average molecular weight is 276 g/mol. The number of aldehydes is 1. The van der Waals surface area contributed by atoms with Gasteiger partial charge in [-0.25, -0.2) is 0 Å². The molecule has 106 valence electrons. The number of carboxylic acids is 1. The highest BCUT2D eigenvalue weighted by molar-refractivity contribution is 5.87. The van der Waals surface area contributed by atoms with Crippen molar-refractivity contribution < 1.29 is 24.2 Å². The van der Waals surface area contributed by atoms with Crippen molar-refractivity contribution >= 4 is 12.3 Å². The van der Waals surface area contributed by atoms with Crippen LogP contribution >= 0.6 is 0 Å². The van der Waals surface area contributed by atoms with Gasteiger partial charge in [-0.1, -0.05) is 18.9 Å². The van der Waals surface area contributed by atoms with Crippen LogP contribution in [0, 0.1) is 0 Å². The minimum atomic E-state index is -0.911. The van der Waals surface area contributed by atoms with Crippen molar-refractivity contribution in [3.05, 3.63) is 23.3 Å². The number of aliphatic carboxylic acids is 1. The Bertz CT molecular complexity index is 558. The lowest BCUT2D eigenvalue weighted by Gasteiger charge is -2.30. The molecule has 2 aliphatic rings. The van der Waals surface area contributed by atoms with E-state index in [2.05, 4.69) is 0 Å². The van der Waals surface area contributed by atoms with Gasteiger partial charge >= 0.3 is 5.97 Å². The van der Waals surface area contributed by atoms with Gasteiger partial charge in [0, 0.05) is 5.56 Å². The lowest BCUT2D eigenvalue weighted by Crippen LogP contribution is -2.34. The van der Waals surface area contributed by atoms with E-state index >= 15 is 0 Å². The van der Waals surface area contributed by atoms with Gasteiger partial charge < -0.3 is 14.6 Å². The second-order valence-corrected chi connectivity index (χ2v) is 5.27. The second-order valence-electron chi connectivity index (χ2n) is 5.27. The Labute approximate surface area is 116 Å². The number of ether oxygens (including phenoxy) is 2. The first kappa shape index (κ1) is 13.0. The number of hydrogen-bond acceptors (Lipinski definition) is 4. The third kappa shape index (κ3) is 1.77. The summed E-state index contributed by atoms with van der Waals surface area (Å²) in [6.45, 7) is 0.745. The molecule has 1 aromatic carbocycles. The molecule has 3 rings (SSSR count). The van der Waals surface area contributed by atoms with Crippen LogP contribution in [-0.4, -0.2) is 30.6 Å². The fraction of sp³-hybridized carbons (Fsp3) is 0.467. The van der Waals surface area contributed by atoms with Crippen LogP contribution in [0.5, 0.6) is 11.5 Å². The van der Waals surface area contributed by atoms with Gasteiger partial charge in [0.25, 0.3) is 0 Å². The summed E-state index contributed by atoms with van der Waals surface area (Å²) in [7, 11) is 0. The standard InChI is InChI=1S/C15H16O5/c16-9-10-3-4-11(13-12(10)19-7-8-20-13)15(14(17)18)5-1-2-6-15/h3-4,9H,1-2,5-8H2,(H,17,18). The summed E-state index contributed by atoms with van der Waals surface area (Å²) in [5.74, 6) is -0.00773. The predicted molar refractivity (Wildman–Crippen MR) is 70.6 cm³/mol. The maximum atomic E-state index is 11.8. The van der Waals surface area contributed by atoms with Crippen molar-refractivity contribution in [2.24, 2.45) is 0 Å². The Kier molecular flexibility index (Phi) is 3.12. The van der Waals surface area contributed by atoms with E-state index in [9.17, 15) is 14.7 Å². The summed E-state index contributed by atoms with van der Waals surface area (Å²) >= 11 is 0. The number of carboxylic acid groups (broad SMARTS) is 1. The van der Waals surface area contributed by atoms with Crippen LogP contribution in [0.2, 0.25) is 0 Å². The summed E-state index contributed by atoms with van der Waals surface area (Å²) in [6.07, 6.45) is 3.67. The molecule has 0 saturated heterocycles. The van der Waals surface area contributed by atoms with Crippen molar-refractivity contribution in [3.8, 4) is 11.5 Å². The van der Waals surface area contributed by atoms with Gasteiger partial charge in [0.15, 0.2) is 17.8 Å². The van der Waals surface area contributed by atoms with Gasteiger partial charge in [0.05, 0.1) is 11.0 Å². The van der Waals surface area contributed by atoms with Gasteiger partial charge in [-0.2, -0.15) is 0 Å². The normalized spacial score (nSPS) is 19.6. The number of carbonyl (C=O) groups is 2. The molecule has 5 nitrogen and oxygen atoms in total. The van der Waals surface area contributed by atoms with Crippen LogP contribution in [0.15, 0.2) is 12.1 Å². The van der Waals surface area contributed by atoms with Gasteiger partial charge in [-0.05, 0) is 18.9 Å². The molecule has 1 N–H and O–H groups in total. The van der Waals surface area contributed by atoms with E-state index in [1.165, 1.54) is 0 Å². The summed E-state index contributed by atoms with van der Waals surface area (Å²) in [5.41, 5.74) is 0.136. The van der Waals surface area contributed by atoms with Crippen molar-refractivity contribution in [2.75, 3.05) is 13.2 Å². The highest BCUT2D eigenvalue weighted by Gasteiger charge is 2.46. The molecule has 0 unspecified atom stereocenters. The maximum absolute atomic E-state index is 11.8. The molecule has 0 bridgehead atoms. The molecule has 5 heteroatoms. The summed E-state index contributed by atoms with van der Waals surface area (Å²) in [6, 6.07) is 3.33. The molecule has 1 heterocycles. The largest absolute Gasteiger partial charge is 0.486 e. The van der Waals surface area contributed by atoms with Crippen LogP contribution in [0.3, 0.4) is 0 Å². The molecular weight excluding hydrogens is 260 g/mol. The van der Waals surface area contributed by atoms with E-state index in [1.54, 1.807) is 12.1 Å². The first-order valence-electron chi connectivity index (χ1n) is 6.81.